The first-order valence-corrected chi connectivity index (χ1v) is 11.3. The van der Waals surface area contributed by atoms with Gasteiger partial charge in [0.2, 0.25) is 5.88 Å². The van der Waals surface area contributed by atoms with Crippen molar-refractivity contribution in [1.29, 1.82) is 0 Å². The summed E-state index contributed by atoms with van der Waals surface area (Å²) in [6.45, 7) is 1.94. The number of ether oxygens (including phenoxy) is 1. The van der Waals surface area contributed by atoms with Crippen LogP contribution >= 0.6 is 0 Å². The molecule has 0 spiro atoms. The van der Waals surface area contributed by atoms with Gasteiger partial charge in [-0.2, -0.15) is 31.4 Å². The Morgan fingerprint density at radius 1 is 1.03 bits per heavy atom. The second-order valence-electron chi connectivity index (χ2n) is 8.65. The fourth-order valence-corrected chi connectivity index (χ4v) is 4.15. The van der Waals surface area contributed by atoms with Gasteiger partial charge in [0, 0.05) is 18.3 Å². The van der Waals surface area contributed by atoms with Crippen LogP contribution < -0.4 is 10.1 Å². The van der Waals surface area contributed by atoms with E-state index in [1.807, 2.05) is 18.1 Å². The van der Waals surface area contributed by atoms with E-state index in [0.717, 1.165) is 35.0 Å². The molecule has 0 aliphatic heterocycles. The number of carbonyl (C=O) groups excluding carboxylic acids is 1. The highest BCUT2D eigenvalue weighted by Crippen LogP contribution is 2.34. The number of halogens is 6. The average molecular weight is 524 g/mol. The van der Waals surface area contributed by atoms with Crippen LogP contribution in [0.15, 0.2) is 54.4 Å². The van der Waals surface area contributed by atoms with E-state index in [9.17, 15) is 31.1 Å². The Labute approximate surface area is 207 Å². The fraction of sp³-hybridized carbons (Fsp3) is 0.320. The first kappa shape index (κ1) is 26.2. The summed E-state index contributed by atoms with van der Waals surface area (Å²) in [6, 6.07) is 8.82. The predicted molar refractivity (Wildman–Crippen MR) is 122 cm³/mol. The van der Waals surface area contributed by atoms with Crippen LogP contribution in [-0.2, 0) is 12.4 Å². The first-order valence-electron chi connectivity index (χ1n) is 11.3. The van der Waals surface area contributed by atoms with Crippen molar-refractivity contribution in [3.05, 3.63) is 76.7 Å². The van der Waals surface area contributed by atoms with Crippen molar-refractivity contribution in [2.45, 2.75) is 51.0 Å². The summed E-state index contributed by atoms with van der Waals surface area (Å²) in [5.41, 5.74) is 0.399. The molecule has 1 aliphatic rings. The Morgan fingerprint density at radius 2 is 1.76 bits per heavy atom. The number of nitrogens with zero attached hydrogens (tertiary/aromatic N) is 2. The third-order valence-corrected chi connectivity index (χ3v) is 6.18. The minimum atomic E-state index is -4.70. The fourth-order valence-electron chi connectivity index (χ4n) is 4.15. The second kappa shape index (κ2) is 10.3. The van der Waals surface area contributed by atoms with Crippen LogP contribution in [0.4, 0.5) is 26.3 Å². The van der Waals surface area contributed by atoms with Gasteiger partial charge in [0.15, 0.2) is 5.69 Å². The Kier molecular flexibility index (Phi) is 7.28. The number of alkyl halides is 6. The molecule has 1 fully saturated rings. The van der Waals surface area contributed by atoms with Gasteiger partial charge in [-0.15, -0.1) is 0 Å². The van der Waals surface area contributed by atoms with Crippen molar-refractivity contribution in [2.24, 2.45) is 0 Å². The van der Waals surface area contributed by atoms with E-state index in [2.05, 4.69) is 15.4 Å². The molecular weight excluding hydrogens is 502 g/mol. The minimum absolute atomic E-state index is 0.0259. The van der Waals surface area contributed by atoms with Crippen LogP contribution in [0.5, 0.6) is 11.6 Å². The maximum Gasteiger partial charge on any atom is 0.433 e. The Bertz CT molecular complexity index is 1290. The van der Waals surface area contributed by atoms with Crippen molar-refractivity contribution in [2.75, 3.05) is 0 Å². The summed E-state index contributed by atoms with van der Waals surface area (Å²) in [7, 11) is 0. The Morgan fingerprint density at radius 3 is 2.38 bits per heavy atom. The van der Waals surface area contributed by atoms with E-state index >= 15 is 0 Å². The first-order chi connectivity index (χ1) is 17.4. The lowest BCUT2D eigenvalue weighted by Crippen LogP contribution is -2.37. The molecule has 3 aromatic rings. The van der Waals surface area contributed by atoms with Crippen LogP contribution in [0.2, 0.25) is 0 Å². The Hall–Kier alpha value is -3.83. The van der Waals surface area contributed by atoms with Crippen LogP contribution in [0.25, 0.3) is 5.57 Å². The number of amides is 1. The number of H-pyrrole nitrogens is 1. The number of aromatic nitrogens is 3. The molecule has 0 unspecified atom stereocenters. The lowest BCUT2D eigenvalue weighted by Gasteiger charge is -2.26. The number of hydrogen-bond donors (Lipinski definition) is 2. The quantitative estimate of drug-likeness (QED) is 0.361. The van der Waals surface area contributed by atoms with Gasteiger partial charge in [-0.1, -0.05) is 17.7 Å². The monoisotopic (exact) mass is 524 g/mol. The van der Waals surface area contributed by atoms with Gasteiger partial charge < -0.3 is 10.1 Å². The molecule has 2 N–H and O–H groups in total. The maximum atomic E-state index is 13.0. The van der Waals surface area contributed by atoms with E-state index in [0.29, 0.717) is 37.6 Å². The third-order valence-electron chi connectivity index (χ3n) is 6.18. The van der Waals surface area contributed by atoms with Gasteiger partial charge in [-0.05, 0) is 61.9 Å². The molecular formula is C25H22F6N4O2. The molecule has 0 saturated heterocycles. The van der Waals surface area contributed by atoms with Crippen molar-refractivity contribution in [1.82, 2.24) is 20.5 Å². The standard InChI is InChI=1S/C25H22F6N4O2/c1-14(16-3-2-4-19(11-16)37-21-10-7-17(12-32-21)24(26,27)28)15-5-8-18(9-6-15)34-23(36)20-13-33-35-22(20)25(29,30)31/h2-4,7,10-13,18H,5-6,8-9H2,1H3,(H,33,35)(H,34,36). The average Bonchev–Trinajstić information content (AvgIpc) is 3.35. The number of rotatable bonds is 5. The SMILES string of the molecule is CC(=C1CCC(NC(=O)c2cn[nH]c2C(F)(F)F)CC1)c1cccc(Oc2ccc(C(F)(F)F)cn2)c1. The molecule has 0 atom stereocenters. The number of nitrogens with one attached hydrogen (secondary N) is 2. The summed E-state index contributed by atoms with van der Waals surface area (Å²) in [4.78, 5) is 16.1. The molecule has 0 bridgehead atoms. The molecule has 0 radical (unpaired) electrons. The molecule has 37 heavy (non-hydrogen) atoms. The molecule has 196 valence electrons. The van der Waals surface area contributed by atoms with Crippen molar-refractivity contribution < 1.29 is 35.9 Å². The van der Waals surface area contributed by atoms with Crippen LogP contribution in [-0.4, -0.2) is 27.1 Å². The molecule has 1 aliphatic carbocycles. The van der Waals surface area contributed by atoms with Gasteiger partial charge in [-0.3, -0.25) is 9.89 Å². The molecule has 2 heterocycles. The summed E-state index contributed by atoms with van der Waals surface area (Å²) in [5.74, 6) is -0.388. The molecule has 1 amide bonds. The van der Waals surface area contributed by atoms with Gasteiger partial charge in [0.25, 0.3) is 5.91 Å². The molecule has 12 heteroatoms. The highest BCUT2D eigenvalue weighted by Gasteiger charge is 2.38. The molecule has 1 saturated carbocycles. The predicted octanol–water partition coefficient (Wildman–Crippen LogP) is 6.78. The lowest BCUT2D eigenvalue weighted by atomic mass is 9.86. The normalized spacial score (nSPS) is 16.4. The smallest absolute Gasteiger partial charge is 0.433 e. The molecule has 1 aromatic carbocycles. The van der Waals surface area contributed by atoms with E-state index in [-0.39, 0.29) is 11.9 Å². The molecule has 6 nitrogen and oxygen atoms in total. The highest BCUT2D eigenvalue weighted by atomic mass is 19.4. The molecule has 2 aromatic heterocycles. The number of aromatic amines is 1. The number of hydrogen-bond acceptors (Lipinski definition) is 4. The van der Waals surface area contributed by atoms with Crippen molar-refractivity contribution in [3.8, 4) is 11.6 Å². The zero-order valence-corrected chi connectivity index (χ0v) is 19.5. The summed E-state index contributed by atoms with van der Waals surface area (Å²) < 4.78 is 82.8. The largest absolute Gasteiger partial charge is 0.439 e. The van der Waals surface area contributed by atoms with E-state index in [1.54, 1.807) is 18.2 Å². The maximum absolute atomic E-state index is 13.0. The summed E-state index contributed by atoms with van der Waals surface area (Å²) >= 11 is 0. The topological polar surface area (TPSA) is 79.9 Å². The van der Waals surface area contributed by atoms with E-state index < -0.39 is 35.1 Å². The van der Waals surface area contributed by atoms with Gasteiger partial charge >= 0.3 is 12.4 Å². The lowest BCUT2D eigenvalue weighted by molar-refractivity contribution is -0.141. The highest BCUT2D eigenvalue weighted by molar-refractivity contribution is 5.95. The number of pyridine rings is 1. The van der Waals surface area contributed by atoms with Crippen molar-refractivity contribution >= 4 is 11.5 Å². The summed E-state index contributed by atoms with van der Waals surface area (Å²) in [6.07, 6.45) is -5.22. The molecule has 4 rings (SSSR count). The van der Waals surface area contributed by atoms with Gasteiger partial charge in [0.1, 0.15) is 5.75 Å². The van der Waals surface area contributed by atoms with E-state index in [1.165, 1.54) is 0 Å². The zero-order valence-electron chi connectivity index (χ0n) is 19.5. The van der Waals surface area contributed by atoms with Crippen molar-refractivity contribution in [3.63, 3.8) is 0 Å². The van der Waals surface area contributed by atoms with Crippen LogP contribution in [0, 0.1) is 0 Å². The van der Waals surface area contributed by atoms with E-state index in [4.69, 9.17) is 4.74 Å². The summed E-state index contributed by atoms with van der Waals surface area (Å²) in [5, 5.41) is 7.84. The third kappa shape index (κ3) is 6.30. The number of benzene rings is 1. The number of allylic oxidation sites excluding steroid dienone is 2. The second-order valence-corrected chi connectivity index (χ2v) is 8.65. The Balaban J connectivity index is 1.38. The van der Waals surface area contributed by atoms with Gasteiger partial charge in [-0.25, -0.2) is 4.98 Å². The van der Waals surface area contributed by atoms with Crippen LogP contribution in [0.3, 0.4) is 0 Å². The zero-order chi connectivity index (χ0) is 26.8. The number of carbonyl (C=O) groups is 1. The van der Waals surface area contributed by atoms with Crippen LogP contribution in [0.1, 0.15) is 59.8 Å². The minimum Gasteiger partial charge on any atom is -0.439 e. The van der Waals surface area contributed by atoms with Gasteiger partial charge in [0.05, 0.1) is 17.3 Å².